The Morgan fingerprint density at radius 1 is 0.889 bits per heavy atom. The summed E-state index contributed by atoms with van der Waals surface area (Å²) in [5.41, 5.74) is 2.47. The fourth-order valence-electron chi connectivity index (χ4n) is 1.79. The number of aromatic amines is 1. The maximum atomic E-state index is 6.11. The molecule has 0 bridgehead atoms. The van der Waals surface area contributed by atoms with Crippen LogP contribution in [0, 0.1) is 0 Å². The average molecular weight is 257 g/mol. The minimum atomic E-state index is 0.434. The lowest BCUT2D eigenvalue weighted by molar-refractivity contribution is 1.24. The standard InChI is InChI=1S/C13H9ClN4/c14-12-9(3-1-6-16-12)11-10(4-2-5-15-11)13-17-7-8-18-13/h1-8H,(H,17,18). The van der Waals surface area contributed by atoms with Gasteiger partial charge in [-0.1, -0.05) is 11.6 Å². The van der Waals surface area contributed by atoms with Gasteiger partial charge in [-0.2, -0.15) is 0 Å². The van der Waals surface area contributed by atoms with E-state index >= 15 is 0 Å². The summed E-state index contributed by atoms with van der Waals surface area (Å²) in [7, 11) is 0. The molecular weight excluding hydrogens is 248 g/mol. The quantitative estimate of drug-likeness (QED) is 0.717. The van der Waals surface area contributed by atoms with Gasteiger partial charge in [0.25, 0.3) is 0 Å². The molecule has 0 spiro atoms. The van der Waals surface area contributed by atoms with Crippen molar-refractivity contribution in [3.8, 4) is 22.6 Å². The number of aromatic nitrogens is 4. The molecule has 0 aliphatic carbocycles. The van der Waals surface area contributed by atoms with Gasteiger partial charge in [-0.3, -0.25) is 4.98 Å². The predicted molar refractivity (Wildman–Crippen MR) is 70.1 cm³/mol. The van der Waals surface area contributed by atoms with Crippen molar-refractivity contribution in [3.05, 3.63) is 54.2 Å². The first kappa shape index (κ1) is 10.9. The van der Waals surface area contributed by atoms with E-state index in [1.807, 2.05) is 24.3 Å². The van der Waals surface area contributed by atoms with Crippen LogP contribution in [-0.4, -0.2) is 19.9 Å². The SMILES string of the molecule is Clc1ncccc1-c1ncccc1-c1ncc[nH]1. The van der Waals surface area contributed by atoms with Crippen LogP contribution in [0.25, 0.3) is 22.6 Å². The third kappa shape index (κ3) is 1.87. The van der Waals surface area contributed by atoms with E-state index < -0.39 is 0 Å². The molecule has 88 valence electrons. The first-order chi connectivity index (χ1) is 8.86. The maximum absolute atomic E-state index is 6.11. The minimum absolute atomic E-state index is 0.434. The van der Waals surface area contributed by atoms with Crippen molar-refractivity contribution >= 4 is 11.6 Å². The van der Waals surface area contributed by atoms with Crippen molar-refractivity contribution in [3.63, 3.8) is 0 Å². The first-order valence-electron chi connectivity index (χ1n) is 5.42. The first-order valence-corrected chi connectivity index (χ1v) is 5.80. The summed E-state index contributed by atoms with van der Waals surface area (Å²) in [6.07, 6.45) is 6.86. The zero-order chi connectivity index (χ0) is 12.4. The third-order valence-electron chi connectivity index (χ3n) is 2.58. The fraction of sp³-hybridized carbons (Fsp3) is 0. The highest BCUT2D eigenvalue weighted by molar-refractivity contribution is 6.32. The van der Waals surface area contributed by atoms with Gasteiger partial charge in [0.15, 0.2) is 0 Å². The van der Waals surface area contributed by atoms with Crippen LogP contribution in [0.4, 0.5) is 0 Å². The molecule has 5 heteroatoms. The van der Waals surface area contributed by atoms with Crippen LogP contribution in [0.2, 0.25) is 5.15 Å². The molecule has 0 radical (unpaired) electrons. The molecule has 0 aromatic carbocycles. The number of hydrogen-bond acceptors (Lipinski definition) is 3. The highest BCUT2D eigenvalue weighted by Gasteiger charge is 2.12. The summed E-state index contributed by atoms with van der Waals surface area (Å²) in [4.78, 5) is 15.8. The number of rotatable bonds is 2. The topological polar surface area (TPSA) is 54.5 Å². The van der Waals surface area contributed by atoms with Crippen LogP contribution in [0.5, 0.6) is 0 Å². The zero-order valence-corrected chi connectivity index (χ0v) is 10.1. The largest absolute Gasteiger partial charge is 0.345 e. The van der Waals surface area contributed by atoms with Gasteiger partial charge in [0.05, 0.1) is 5.69 Å². The lowest BCUT2D eigenvalue weighted by Crippen LogP contribution is -1.91. The Morgan fingerprint density at radius 2 is 1.67 bits per heavy atom. The molecule has 0 saturated carbocycles. The smallest absolute Gasteiger partial charge is 0.139 e. The van der Waals surface area contributed by atoms with E-state index in [1.165, 1.54) is 0 Å². The van der Waals surface area contributed by atoms with Gasteiger partial charge < -0.3 is 4.98 Å². The Kier molecular flexibility index (Phi) is 2.78. The van der Waals surface area contributed by atoms with E-state index in [2.05, 4.69) is 19.9 Å². The van der Waals surface area contributed by atoms with E-state index in [0.29, 0.717) is 5.15 Å². The molecule has 3 rings (SSSR count). The molecule has 18 heavy (non-hydrogen) atoms. The van der Waals surface area contributed by atoms with Crippen molar-refractivity contribution in [2.75, 3.05) is 0 Å². The van der Waals surface area contributed by atoms with Crippen molar-refractivity contribution in [1.82, 2.24) is 19.9 Å². The maximum Gasteiger partial charge on any atom is 0.139 e. The Bertz CT molecular complexity index is 664. The molecule has 0 saturated heterocycles. The van der Waals surface area contributed by atoms with Crippen molar-refractivity contribution < 1.29 is 0 Å². The van der Waals surface area contributed by atoms with Gasteiger partial charge in [-0.05, 0) is 24.3 Å². The summed E-state index contributed by atoms with van der Waals surface area (Å²) < 4.78 is 0. The summed E-state index contributed by atoms with van der Waals surface area (Å²) in [6, 6.07) is 7.54. The van der Waals surface area contributed by atoms with E-state index in [4.69, 9.17) is 11.6 Å². The monoisotopic (exact) mass is 256 g/mol. The molecular formula is C13H9ClN4. The highest BCUT2D eigenvalue weighted by atomic mass is 35.5. The zero-order valence-electron chi connectivity index (χ0n) is 9.34. The summed E-state index contributed by atoms with van der Waals surface area (Å²) in [5, 5.41) is 0.434. The molecule has 3 aromatic heterocycles. The highest BCUT2D eigenvalue weighted by Crippen LogP contribution is 2.31. The lowest BCUT2D eigenvalue weighted by atomic mass is 10.1. The summed E-state index contributed by atoms with van der Waals surface area (Å²) in [6.45, 7) is 0. The summed E-state index contributed by atoms with van der Waals surface area (Å²) >= 11 is 6.11. The number of nitrogens with zero attached hydrogens (tertiary/aromatic N) is 3. The molecule has 0 aliphatic rings. The molecule has 3 aromatic rings. The van der Waals surface area contributed by atoms with Crippen molar-refractivity contribution in [1.29, 1.82) is 0 Å². The normalized spacial score (nSPS) is 10.5. The number of hydrogen-bond donors (Lipinski definition) is 1. The van der Waals surface area contributed by atoms with E-state index in [0.717, 1.165) is 22.6 Å². The molecule has 0 atom stereocenters. The number of imidazole rings is 1. The Morgan fingerprint density at radius 3 is 2.39 bits per heavy atom. The molecule has 1 N–H and O–H groups in total. The van der Waals surface area contributed by atoms with Gasteiger partial charge in [-0.25, -0.2) is 9.97 Å². The Balaban J connectivity index is 2.22. The fourth-order valence-corrected chi connectivity index (χ4v) is 2.00. The van der Waals surface area contributed by atoms with Crippen LogP contribution in [0.1, 0.15) is 0 Å². The molecule has 4 nitrogen and oxygen atoms in total. The van der Waals surface area contributed by atoms with Crippen molar-refractivity contribution in [2.24, 2.45) is 0 Å². The van der Waals surface area contributed by atoms with Crippen LogP contribution >= 0.6 is 11.6 Å². The Hall–Kier alpha value is -2.20. The van der Waals surface area contributed by atoms with Gasteiger partial charge in [0.1, 0.15) is 11.0 Å². The van der Waals surface area contributed by atoms with Gasteiger partial charge in [-0.15, -0.1) is 0 Å². The number of H-pyrrole nitrogens is 1. The second kappa shape index (κ2) is 4.58. The van der Waals surface area contributed by atoms with Crippen LogP contribution in [-0.2, 0) is 0 Å². The van der Waals surface area contributed by atoms with Crippen LogP contribution in [0.15, 0.2) is 49.1 Å². The second-order valence-electron chi connectivity index (χ2n) is 3.68. The molecule has 0 amide bonds. The summed E-state index contributed by atoms with van der Waals surface area (Å²) in [5.74, 6) is 0.762. The molecule has 0 aliphatic heterocycles. The van der Waals surface area contributed by atoms with Crippen LogP contribution in [0.3, 0.4) is 0 Å². The van der Waals surface area contributed by atoms with E-state index in [9.17, 15) is 0 Å². The van der Waals surface area contributed by atoms with E-state index in [-0.39, 0.29) is 0 Å². The van der Waals surface area contributed by atoms with Gasteiger partial charge >= 0.3 is 0 Å². The lowest BCUT2D eigenvalue weighted by Gasteiger charge is -2.07. The number of nitrogens with one attached hydrogen (secondary N) is 1. The minimum Gasteiger partial charge on any atom is -0.345 e. The van der Waals surface area contributed by atoms with Crippen molar-refractivity contribution in [2.45, 2.75) is 0 Å². The number of pyridine rings is 2. The predicted octanol–water partition coefficient (Wildman–Crippen LogP) is 3.19. The van der Waals surface area contributed by atoms with Gasteiger partial charge in [0.2, 0.25) is 0 Å². The van der Waals surface area contributed by atoms with Crippen LogP contribution < -0.4 is 0 Å². The molecule has 3 heterocycles. The van der Waals surface area contributed by atoms with E-state index in [1.54, 1.807) is 24.8 Å². The Labute approximate surface area is 109 Å². The third-order valence-corrected chi connectivity index (χ3v) is 2.88. The second-order valence-corrected chi connectivity index (χ2v) is 4.04. The average Bonchev–Trinajstić information content (AvgIpc) is 2.93. The van der Waals surface area contributed by atoms with Gasteiger partial charge in [0, 0.05) is 35.9 Å². The molecule has 0 fully saturated rings. The molecule has 0 unspecified atom stereocenters. The number of halogens is 1.